The van der Waals surface area contributed by atoms with Gasteiger partial charge in [-0.3, -0.25) is 14.4 Å². The molecule has 0 aliphatic carbocycles. The molecule has 3 unspecified atom stereocenters. The summed E-state index contributed by atoms with van der Waals surface area (Å²) in [5, 5.41) is 10.1. The van der Waals surface area contributed by atoms with Gasteiger partial charge < -0.3 is 29.3 Å². The second kappa shape index (κ2) is 10.6. The lowest BCUT2D eigenvalue weighted by atomic mass is 9.70. The number of hydrogen-bond donors (Lipinski definition) is 1. The maximum Gasteiger partial charge on any atom is 0.253 e. The Hall–Kier alpha value is -2.69. The Kier molecular flexibility index (Phi) is 7.83. The van der Waals surface area contributed by atoms with Crippen LogP contribution in [0.3, 0.4) is 0 Å². The smallest absolute Gasteiger partial charge is 0.253 e. The number of nitrogens with zero attached hydrogens (tertiary/aromatic N) is 3. The Bertz CT molecular complexity index is 1080. The van der Waals surface area contributed by atoms with Crippen LogP contribution in [0.2, 0.25) is 0 Å². The summed E-state index contributed by atoms with van der Waals surface area (Å²) in [5.74, 6) is -1.87. The molecule has 37 heavy (non-hydrogen) atoms. The summed E-state index contributed by atoms with van der Waals surface area (Å²) in [5.41, 5.74) is -0.603. The largest absolute Gasteiger partial charge is 0.497 e. The maximum absolute atomic E-state index is 14.4. The first kappa shape index (κ1) is 27.3. The fourth-order valence-electron chi connectivity index (χ4n) is 6.09. The Labute approximate surface area is 225 Å². The monoisotopic (exact) mass is 575 g/mol. The molecule has 1 aromatic rings. The van der Waals surface area contributed by atoms with E-state index in [0.29, 0.717) is 24.4 Å². The molecule has 7 atom stereocenters. The van der Waals surface area contributed by atoms with Gasteiger partial charge in [0.1, 0.15) is 17.4 Å². The van der Waals surface area contributed by atoms with E-state index in [1.54, 1.807) is 62.4 Å². The van der Waals surface area contributed by atoms with Gasteiger partial charge in [-0.25, -0.2) is 0 Å². The van der Waals surface area contributed by atoms with Gasteiger partial charge in [0.2, 0.25) is 11.8 Å². The molecule has 3 amide bonds. The van der Waals surface area contributed by atoms with Crippen molar-refractivity contribution in [3.8, 4) is 5.75 Å². The van der Waals surface area contributed by atoms with E-state index in [1.807, 2.05) is 0 Å². The highest BCUT2D eigenvalue weighted by Crippen LogP contribution is 2.60. The number of anilines is 1. The minimum absolute atomic E-state index is 0.198. The number of fused-ring (bicyclic) bond motifs is 1. The summed E-state index contributed by atoms with van der Waals surface area (Å²) in [6.07, 6.45) is 3.08. The van der Waals surface area contributed by atoms with Gasteiger partial charge in [0.25, 0.3) is 5.91 Å². The van der Waals surface area contributed by atoms with Crippen molar-refractivity contribution in [2.75, 3.05) is 38.8 Å². The molecule has 3 aliphatic heterocycles. The van der Waals surface area contributed by atoms with Crippen LogP contribution in [0.1, 0.15) is 13.3 Å². The molecule has 0 saturated carbocycles. The quantitative estimate of drug-likeness (QED) is 0.338. The predicted octanol–water partition coefficient (Wildman–Crippen LogP) is 1.99. The average molecular weight is 576 g/mol. The van der Waals surface area contributed by atoms with Gasteiger partial charge in [0.05, 0.1) is 37.7 Å². The molecule has 3 heterocycles. The average Bonchev–Trinajstić information content (AvgIpc) is 3.49. The Balaban J connectivity index is 1.80. The third-order valence-electron chi connectivity index (χ3n) is 7.73. The number of rotatable bonds is 10. The van der Waals surface area contributed by atoms with Crippen LogP contribution in [-0.4, -0.2) is 95.1 Å². The number of aliphatic hydroxyl groups excluding tert-OH is 1. The van der Waals surface area contributed by atoms with Crippen LogP contribution in [0.4, 0.5) is 5.69 Å². The molecule has 2 bridgehead atoms. The van der Waals surface area contributed by atoms with Crippen molar-refractivity contribution in [3.63, 3.8) is 0 Å². The summed E-state index contributed by atoms with van der Waals surface area (Å²) >= 11 is 3.67. The molecule has 200 valence electrons. The minimum Gasteiger partial charge on any atom is -0.497 e. The SMILES string of the molecule is C=CCN(C)C(=O)[C@H]1[C@H]2C(=O)N([C@H](C)CO)C(C(=O)N(CC=C)c3ccc(OC)cc3)C23CC(Br)[C@@H]1O3. The number of alkyl halides is 1. The molecule has 1 spiro atoms. The molecule has 1 aromatic carbocycles. The standard InChI is InChI=1S/C27H34BrN3O6/c1-6-12-29(4)24(33)20-21-25(34)31(16(3)15-32)23(27(21)14-19(28)22(20)37-27)26(35)30(13-7-2)17-8-10-18(36-5)11-9-17/h6-11,16,19-23,32H,1-2,12-15H2,3-5H3/t16-,19?,20+,21+,22+,23?,27?/m1/s1. The second-order valence-electron chi connectivity index (χ2n) is 9.88. The normalized spacial score (nSPS) is 30.6. The van der Waals surface area contributed by atoms with Crippen LogP contribution < -0.4 is 9.64 Å². The van der Waals surface area contributed by atoms with Gasteiger partial charge in [-0.05, 0) is 37.6 Å². The maximum atomic E-state index is 14.4. The van der Waals surface area contributed by atoms with Gasteiger partial charge in [-0.15, -0.1) is 13.2 Å². The molecule has 10 heteroatoms. The number of likely N-dealkylation sites (N-methyl/N-ethyl adjacent to an activating group) is 1. The number of ether oxygens (including phenoxy) is 2. The summed E-state index contributed by atoms with van der Waals surface area (Å²) in [7, 11) is 3.23. The van der Waals surface area contributed by atoms with Crippen molar-refractivity contribution in [1.82, 2.24) is 9.80 Å². The zero-order valence-corrected chi connectivity index (χ0v) is 23.0. The van der Waals surface area contributed by atoms with Crippen LogP contribution in [-0.2, 0) is 19.1 Å². The number of benzene rings is 1. The fourth-order valence-corrected chi connectivity index (χ4v) is 7.03. The molecule has 3 aliphatic rings. The third kappa shape index (κ3) is 4.28. The van der Waals surface area contributed by atoms with Crippen molar-refractivity contribution in [1.29, 1.82) is 0 Å². The second-order valence-corrected chi connectivity index (χ2v) is 11.1. The molecular formula is C27H34BrN3O6. The number of halogens is 1. The Morgan fingerprint density at radius 3 is 2.49 bits per heavy atom. The van der Waals surface area contributed by atoms with Gasteiger partial charge in [-0.2, -0.15) is 0 Å². The highest BCUT2D eigenvalue weighted by atomic mass is 79.9. The van der Waals surface area contributed by atoms with Gasteiger partial charge >= 0.3 is 0 Å². The minimum atomic E-state index is -1.21. The highest BCUT2D eigenvalue weighted by Gasteiger charge is 2.77. The van der Waals surface area contributed by atoms with Gasteiger partial charge in [0, 0.05) is 30.7 Å². The van der Waals surface area contributed by atoms with Crippen LogP contribution in [0, 0.1) is 11.8 Å². The van der Waals surface area contributed by atoms with E-state index in [-0.39, 0.29) is 35.7 Å². The zero-order valence-electron chi connectivity index (χ0n) is 21.4. The highest BCUT2D eigenvalue weighted by molar-refractivity contribution is 9.09. The van der Waals surface area contributed by atoms with Crippen molar-refractivity contribution in [2.24, 2.45) is 11.8 Å². The van der Waals surface area contributed by atoms with Gasteiger partial charge in [0.15, 0.2) is 0 Å². The third-order valence-corrected chi connectivity index (χ3v) is 8.57. The first-order valence-electron chi connectivity index (χ1n) is 12.3. The Morgan fingerprint density at radius 1 is 1.27 bits per heavy atom. The molecular weight excluding hydrogens is 542 g/mol. The topological polar surface area (TPSA) is 99.6 Å². The lowest BCUT2D eigenvalue weighted by molar-refractivity contribution is -0.146. The van der Waals surface area contributed by atoms with E-state index in [4.69, 9.17) is 9.47 Å². The molecule has 3 saturated heterocycles. The number of amides is 3. The fraction of sp³-hybridized carbons (Fsp3) is 0.519. The molecule has 0 aromatic heterocycles. The van der Waals surface area contributed by atoms with E-state index in [1.165, 1.54) is 9.80 Å². The zero-order chi connectivity index (χ0) is 27.1. The number of likely N-dealkylation sites (tertiary alicyclic amines) is 1. The van der Waals surface area contributed by atoms with Crippen molar-refractivity contribution in [3.05, 3.63) is 49.6 Å². The number of hydrogen-bond acceptors (Lipinski definition) is 6. The molecule has 3 fully saturated rings. The first-order valence-corrected chi connectivity index (χ1v) is 13.3. The summed E-state index contributed by atoms with van der Waals surface area (Å²) in [4.78, 5) is 46.2. The van der Waals surface area contributed by atoms with E-state index in [2.05, 4.69) is 29.1 Å². The van der Waals surface area contributed by atoms with Crippen LogP contribution >= 0.6 is 15.9 Å². The summed E-state index contributed by atoms with van der Waals surface area (Å²) in [6, 6.07) is 5.36. The van der Waals surface area contributed by atoms with Crippen LogP contribution in [0.15, 0.2) is 49.6 Å². The first-order chi connectivity index (χ1) is 17.7. The van der Waals surface area contributed by atoms with Crippen LogP contribution in [0.5, 0.6) is 5.75 Å². The molecule has 0 radical (unpaired) electrons. The summed E-state index contributed by atoms with van der Waals surface area (Å²) in [6.45, 7) is 9.40. The number of carbonyl (C=O) groups excluding carboxylic acids is 3. The van der Waals surface area contributed by atoms with E-state index < -0.39 is 35.6 Å². The Morgan fingerprint density at radius 2 is 1.92 bits per heavy atom. The number of methoxy groups -OCH3 is 1. The molecule has 1 N–H and O–H groups in total. The summed E-state index contributed by atoms with van der Waals surface area (Å²) < 4.78 is 11.8. The number of carbonyl (C=O) groups is 3. The van der Waals surface area contributed by atoms with Crippen molar-refractivity contribution < 1.29 is 29.0 Å². The van der Waals surface area contributed by atoms with Crippen molar-refractivity contribution in [2.45, 2.75) is 42.0 Å². The lowest BCUT2D eigenvalue weighted by Gasteiger charge is -2.38. The van der Waals surface area contributed by atoms with E-state index >= 15 is 0 Å². The van der Waals surface area contributed by atoms with E-state index in [9.17, 15) is 19.5 Å². The van der Waals surface area contributed by atoms with E-state index in [0.717, 1.165) is 0 Å². The molecule has 9 nitrogen and oxygen atoms in total. The number of aliphatic hydroxyl groups is 1. The van der Waals surface area contributed by atoms with Gasteiger partial charge in [-0.1, -0.05) is 28.1 Å². The predicted molar refractivity (Wildman–Crippen MR) is 142 cm³/mol. The van der Waals surface area contributed by atoms with Crippen molar-refractivity contribution >= 4 is 39.3 Å². The van der Waals surface area contributed by atoms with Crippen LogP contribution in [0.25, 0.3) is 0 Å². The molecule has 4 rings (SSSR count). The lowest BCUT2D eigenvalue weighted by Crippen LogP contribution is -2.58.